The molecule has 0 aromatic heterocycles. The van der Waals surface area contributed by atoms with Crippen molar-refractivity contribution >= 4 is 22.1 Å². The number of alkyl halides is 1. The van der Waals surface area contributed by atoms with Gasteiger partial charge in [-0.05, 0) is 62.9 Å². The molecule has 5 heteroatoms. The summed E-state index contributed by atoms with van der Waals surface area (Å²) >= 11 is 3.79. The Morgan fingerprint density at radius 2 is 1.92 bits per heavy atom. The van der Waals surface area contributed by atoms with E-state index in [-0.39, 0.29) is 4.95 Å². The molecule has 0 radical (unpaired) electrons. The number of fused-ring (bicyclic) bond motifs is 1. The minimum absolute atomic E-state index is 0.245. The van der Waals surface area contributed by atoms with Crippen molar-refractivity contribution < 1.29 is 0 Å². The Balaban J connectivity index is 1.25. The summed E-state index contributed by atoms with van der Waals surface area (Å²) in [7, 11) is 0. The zero-order chi connectivity index (χ0) is 17.9. The molecule has 1 unspecified atom stereocenters. The van der Waals surface area contributed by atoms with Crippen LogP contribution < -0.4 is 0 Å². The first-order valence-corrected chi connectivity index (χ1v) is 10.5. The Hall–Kier alpha value is -1.43. The number of allylic oxidation sites excluding steroid dienone is 2. The molecular formula is C21H27BrN4. The van der Waals surface area contributed by atoms with Gasteiger partial charge in [0, 0.05) is 25.0 Å². The topological polar surface area (TPSA) is 22.1 Å². The fourth-order valence-corrected chi connectivity index (χ4v) is 4.73. The maximum atomic E-state index is 4.49. The predicted molar refractivity (Wildman–Crippen MR) is 111 cm³/mol. The van der Waals surface area contributed by atoms with Crippen LogP contribution in [0.1, 0.15) is 31.7 Å². The first-order valence-electron chi connectivity index (χ1n) is 9.60. The molecule has 0 N–H and O–H groups in total. The molecule has 3 aliphatic heterocycles. The van der Waals surface area contributed by atoms with E-state index in [1.807, 2.05) is 6.21 Å². The fraction of sp³-hybridized carbons (Fsp3) is 0.476. The number of hydrogen-bond acceptors (Lipinski definition) is 4. The van der Waals surface area contributed by atoms with Crippen molar-refractivity contribution in [2.75, 3.05) is 19.6 Å². The van der Waals surface area contributed by atoms with E-state index >= 15 is 0 Å². The Bertz CT molecular complexity index is 704. The highest BCUT2D eigenvalue weighted by Gasteiger charge is 2.33. The molecule has 1 saturated heterocycles. The lowest BCUT2D eigenvalue weighted by atomic mass is 9.93. The quantitative estimate of drug-likeness (QED) is 0.527. The number of likely N-dealkylation sites (tertiary alicyclic amines) is 1. The first-order chi connectivity index (χ1) is 12.7. The summed E-state index contributed by atoms with van der Waals surface area (Å²) in [4.78, 5) is 7.34. The van der Waals surface area contributed by atoms with Crippen LogP contribution in [0, 0.1) is 5.92 Å². The van der Waals surface area contributed by atoms with Crippen molar-refractivity contribution in [2.24, 2.45) is 10.9 Å². The van der Waals surface area contributed by atoms with Crippen molar-refractivity contribution in [1.29, 1.82) is 0 Å². The number of hydrazine groups is 1. The van der Waals surface area contributed by atoms with Gasteiger partial charge in [-0.3, -0.25) is 9.91 Å². The summed E-state index contributed by atoms with van der Waals surface area (Å²) < 4.78 is 0. The second kappa shape index (κ2) is 8.07. The number of rotatable bonds is 5. The number of nitrogens with zero attached hydrogens (tertiary/aromatic N) is 4. The standard InChI is InChI=1S/C21H27BrN4/c1-17-7-11-23-21-15-20(22)25(26(17)21)14-10-18-8-12-24(13-9-18)16-19-5-3-2-4-6-19/h2-7,11,15,18,20H,8-10,12-14,16H2,1H3. The van der Waals surface area contributed by atoms with E-state index in [1.54, 1.807) is 0 Å². The smallest absolute Gasteiger partial charge is 0.145 e. The molecule has 4 rings (SSSR count). The van der Waals surface area contributed by atoms with Crippen LogP contribution in [-0.2, 0) is 6.54 Å². The molecule has 3 heterocycles. The van der Waals surface area contributed by atoms with E-state index in [0.717, 1.165) is 24.8 Å². The van der Waals surface area contributed by atoms with Crippen molar-refractivity contribution in [3.63, 3.8) is 0 Å². The van der Waals surface area contributed by atoms with E-state index in [0.29, 0.717) is 0 Å². The predicted octanol–water partition coefficient (Wildman–Crippen LogP) is 4.37. The highest BCUT2D eigenvalue weighted by molar-refractivity contribution is 9.09. The molecule has 138 valence electrons. The van der Waals surface area contributed by atoms with E-state index in [4.69, 9.17) is 0 Å². The van der Waals surface area contributed by atoms with Crippen molar-refractivity contribution in [2.45, 2.75) is 37.7 Å². The van der Waals surface area contributed by atoms with Crippen molar-refractivity contribution in [3.8, 4) is 0 Å². The number of benzene rings is 1. The molecule has 1 atom stereocenters. The van der Waals surface area contributed by atoms with Gasteiger partial charge in [0.2, 0.25) is 0 Å². The molecule has 3 aliphatic rings. The Morgan fingerprint density at radius 3 is 2.69 bits per heavy atom. The van der Waals surface area contributed by atoms with Gasteiger partial charge >= 0.3 is 0 Å². The number of halogens is 1. The van der Waals surface area contributed by atoms with Crippen LogP contribution in [0.3, 0.4) is 0 Å². The molecule has 0 amide bonds. The molecule has 4 nitrogen and oxygen atoms in total. The van der Waals surface area contributed by atoms with Crippen molar-refractivity contribution in [1.82, 2.24) is 14.9 Å². The van der Waals surface area contributed by atoms with Gasteiger partial charge in [-0.2, -0.15) is 5.01 Å². The lowest BCUT2D eigenvalue weighted by Crippen LogP contribution is -2.41. The number of piperidine rings is 1. The second-order valence-electron chi connectivity index (χ2n) is 7.45. The van der Waals surface area contributed by atoms with Gasteiger partial charge in [0.05, 0.1) is 0 Å². The summed E-state index contributed by atoms with van der Waals surface area (Å²) in [5.41, 5.74) is 2.67. The highest BCUT2D eigenvalue weighted by Crippen LogP contribution is 2.33. The Kier molecular flexibility index (Phi) is 5.57. The third kappa shape index (κ3) is 3.95. The number of aliphatic imine (C=N–C) groups is 1. The van der Waals surface area contributed by atoms with E-state index in [1.165, 1.54) is 43.6 Å². The Labute approximate surface area is 165 Å². The van der Waals surface area contributed by atoms with Gasteiger partial charge in [0.1, 0.15) is 10.8 Å². The van der Waals surface area contributed by atoms with Crippen LogP contribution in [0.4, 0.5) is 0 Å². The summed E-state index contributed by atoms with van der Waals surface area (Å²) in [5.74, 6) is 1.87. The second-order valence-corrected chi connectivity index (χ2v) is 8.39. The van der Waals surface area contributed by atoms with Crippen LogP contribution in [0.5, 0.6) is 0 Å². The zero-order valence-electron chi connectivity index (χ0n) is 15.4. The molecule has 1 aromatic rings. The molecule has 1 aromatic carbocycles. The van der Waals surface area contributed by atoms with Crippen LogP contribution >= 0.6 is 15.9 Å². The van der Waals surface area contributed by atoms with Crippen LogP contribution in [0.2, 0.25) is 0 Å². The van der Waals surface area contributed by atoms with Crippen LogP contribution in [0.25, 0.3) is 0 Å². The normalized spacial score (nSPS) is 24.5. The van der Waals surface area contributed by atoms with Gasteiger partial charge in [0.25, 0.3) is 0 Å². The van der Waals surface area contributed by atoms with E-state index < -0.39 is 0 Å². The third-order valence-corrected chi connectivity index (χ3v) is 6.36. The maximum absolute atomic E-state index is 4.49. The molecule has 1 fully saturated rings. The molecule has 0 spiro atoms. The summed E-state index contributed by atoms with van der Waals surface area (Å²) in [6, 6.07) is 10.8. The summed E-state index contributed by atoms with van der Waals surface area (Å²) in [5, 5.41) is 4.65. The SMILES string of the molecule is CC1=CC=NC2=CC(Br)N(CCC3CCN(Cc4ccccc4)CC3)N12. The average molecular weight is 415 g/mol. The monoisotopic (exact) mass is 414 g/mol. The summed E-state index contributed by atoms with van der Waals surface area (Å²) in [6.45, 7) is 6.74. The van der Waals surface area contributed by atoms with Gasteiger partial charge in [-0.1, -0.05) is 46.3 Å². The molecule has 26 heavy (non-hydrogen) atoms. The van der Waals surface area contributed by atoms with Gasteiger partial charge in [-0.15, -0.1) is 0 Å². The van der Waals surface area contributed by atoms with Crippen molar-refractivity contribution in [3.05, 3.63) is 59.6 Å². The summed E-state index contributed by atoms with van der Waals surface area (Å²) in [6.07, 6.45) is 10.0. The largest absolute Gasteiger partial charge is 0.299 e. The lowest BCUT2D eigenvalue weighted by Gasteiger charge is -2.37. The van der Waals surface area contributed by atoms with Gasteiger partial charge in [-0.25, -0.2) is 4.99 Å². The minimum Gasteiger partial charge on any atom is -0.299 e. The Morgan fingerprint density at radius 1 is 1.15 bits per heavy atom. The van der Waals surface area contributed by atoms with Gasteiger partial charge in [0.15, 0.2) is 0 Å². The van der Waals surface area contributed by atoms with Crippen LogP contribution in [-0.4, -0.2) is 45.7 Å². The maximum Gasteiger partial charge on any atom is 0.145 e. The van der Waals surface area contributed by atoms with Gasteiger partial charge < -0.3 is 0 Å². The lowest BCUT2D eigenvalue weighted by molar-refractivity contribution is 0.0527. The molecule has 0 bridgehead atoms. The number of hydrogen-bond donors (Lipinski definition) is 0. The third-order valence-electron chi connectivity index (χ3n) is 5.62. The molecular weight excluding hydrogens is 388 g/mol. The zero-order valence-corrected chi connectivity index (χ0v) is 17.0. The van der Waals surface area contributed by atoms with E-state index in [2.05, 4.69) is 85.2 Å². The average Bonchev–Trinajstić information content (AvgIpc) is 2.98. The first kappa shape index (κ1) is 18.0. The molecule has 0 aliphatic carbocycles. The minimum atomic E-state index is 0.245. The van der Waals surface area contributed by atoms with Crippen LogP contribution in [0.15, 0.2) is 59.0 Å². The highest BCUT2D eigenvalue weighted by atomic mass is 79.9. The molecule has 0 saturated carbocycles. The van der Waals surface area contributed by atoms with E-state index in [9.17, 15) is 0 Å². The fourth-order valence-electron chi connectivity index (χ4n) is 4.11.